The number of carboxylic acids is 1. The largest absolute Gasteiger partial charge is 0.481 e. The molecule has 0 bridgehead atoms. The van der Waals surface area contributed by atoms with E-state index < -0.39 is 17.8 Å². The van der Waals surface area contributed by atoms with Crippen LogP contribution in [0.2, 0.25) is 0 Å². The Labute approximate surface area is 93.4 Å². The smallest absolute Gasteiger partial charge is 0.310 e. The second-order valence-electron chi connectivity index (χ2n) is 4.11. The molecule has 1 saturated heterocycles. The fraction of sp³-hybridized carbons (Fsp3) is 0.800. The quantitative estimate of drug-likeness (QED) is 0.739. The zero-order chi connectivity index (χ0) is 11.4. The van der Waals surface area contributed by atoms with E-state index in [9.17, 15) is 9.59 Å². The Kier molecular flexibility index (Phi) is 4.45. The highest BCUT2D eigenvalue weighted by molar-refractivity contribution is 7.99. The van der Waals surface area contributed by atoms with Crippen LogP contribution in [-0.4, -0.2) is 35.2 Å². The first-order valence-corrected chi connectivity index (χ1v) is 6.15. The van der Waals surface area contributed by atoms with E-state index in [0.717, 1.165) is 0 Å². The molecule has 2 atom stereocenters. The Morgan fingerprint density at radius 3 is 2.53 bits per heavy atom. The van der Waals surface area contributed by atoms with E-state index in [2.05, 4.69) is 0 Å². The van der Waals surface area contributed by atoms with Crippen LogP contribution in [0, 0.1) is 17.8 Å². The molecule has 1 aliphatic rings. The van der Waals surface area contributed by atoms with Crippen molar-refractivity contribution in [2.24, 2.45) is 17.8 Å². The molecule has 15 heavy (non-hydrogen) atoms. The van der Waals surface area contributed by atoms with Gasteiger partial charge in [-0.3, -0.25) is 9.59 Å². The predicted molar refractivity (Wildman–Crippen MR) is 57.7 cm³/mol. The van der Waals surface area contributed by atoms with Gasteiger partial charge in [0, 0.05) is 11.5 Å². The molecule has 1 fully saturated rings. The highest BCUT2D eigenvalue weighted by atomic mass is 32.2. The first-order chi connectivity index (χ1) is 7.02. The molecule has 0 radical (unpaired) electrons. The molecule has 0 aromatic carbocycles. The Bertz CT molecular complexity index is 252. The summed E-state index contributed by atoms with van der Waals surface area (Å²) in [6, 6.07) is 0. The molecule has 0 spiro atoms. The van der Waals surface area contributed by atoms with Crippen LogP contribution >= 0.6 is 11.8 Å². The summed E-state index contributed by atoms with van der Waals surface area (Å²) in [6.07, 6.45) is 0. The summed E-state index contributed by atoms with van der Waals surface area (Å²) in [5.74, 6) is -0.940. The molecule has 0 saturated carbocycles. The normalized spacial score (nSPS) is 25.5. The van der Waals surface area contributed by atoms with E-state index >= 15 is 0 Å². The Hall–Kier alpha value is -0.710. The lowest BCUT2D eigenvalue weighted by atomic mass is 9.96. The fourth-order valence-electron chi connectivity index (χ4n) is 1.39. The number of ether oxygens (including phenoxy) is 1. The number of rotatable bonds is 4. The predicted octanol–water partition coefficient (Wildman–Crippen LogP) is 1.25. The zero-order valence-corrected chi connectivity index (χ0v) is 9.75. The molecule has 5 heteroatoms. The average Bonchev–Trinajstić information content (AvgIpc) is 2.62. The molecule has 0 amide bonds. The third kappa shape index (κ3) is 3.41. The van der Waals surface area contributed by atoms with Crippen molar-refractivity contribution in [3.63, 3.8) is 0 Å². The Morgan fingerprint density at radius 2 is 2.00 bits per heavy atom. The maximum absolute atomic E-state index is 11.6. The van der Waals surface area contributed by atoms with E-state index in [1.165, 1.54) is 11.8 Å². The number of carbonyl (C=O) groups excluding carboxylic acids is 1. The van der Waals surface area contributed by atoms with Crippen LogP contribution in [0.3, 0.4) is 0 Å². The Balaban J connectivity index is 2.47. The lowest BCUT2D eigenvalue weighted by Gasteiger charge is -2.14. The summed E-state index contributed by atoms with van der Waals surface area (Å²) >= 11 is 1.50. The van der Waals surface area contributed by atoms with E-state index in [1.54, 1.807) is 0 Å². The van der Waals surface area contributed by atoms with E-state index in [-0.39, 0.29) is 11.9 Å². The number of thioether (sulfide) groups is 1. The van der Waals surface area contributed by atoms with Crippen LogP contribution in [-0.2, 0) is 14.3 Å². The van der Waals surface area contributed by atoms with Crippen molar-refractivity contribution < 1.29 is 19.4 Å². The summed E-state index contributed by atoms with van der Waals surface area (Å²) in [5.41, 5.74) is 0. The van der Waals surface area contributed by atoms with Gasteiger partial charge in [0.2, 0.25) is 0 Å². The maximum Gasteiger partial charge on any atom is 0.310 e. The van der Waals surface area contributed by atoms with Gasteiger partial charge in [-0.25, -0.2) is 0 Å². The van der Waals surface area contributed by atoms with Crippen LogP contribution in [0.1, 0.15) is 13.8 Å². The molecule has 1 aliphatic heterocycles. The van der Waals surface area contributed by atoms with Crippen molar-refractivity contribution in [3.05, 3.63) is 0 Å². The second-order valence-corrected chi connectivity index (χ2v) is 5.19. The number of carboxylic acid groups (broad SMARTS) is 1. The third-order valence-corrected chi connectivity index (χ3v) is 3.45. The fourth-order valence-corrected chi connectivity index (χ4v) is 2.77. The molecule has 1 heterocycles. The SMILES string of the molecule is CC(C)COC(=O)C1CSCC1C(=O)O. The number of carbonyl (C=O) groups is 2. The van der Waals surface area contributed by atoms with Gasteiger partial charge in [0.25, 0.3) is 0 Å². The molecular formula is C10H16O4S. The van der Waals surface area contributed by atoms with Gasteiger partial charge in [-0.2, -0.15) is 11.8 Å². The topological polar surface area (TPSA) is 63.6 Å². The molecular weight excluding hydrogens is 216 g/mol. The molecule has 0 aromatic rings. The standard InChI is InChI=1S/C10H16O4S/c1-6(2)3-14-10(13)8-5-15-4-7(8)9(11)12/h6-8H,3-5H2,1-2H3,(H,11,12). The van der Waals surface area contributed by atoms with Crippen molar-refractivity contribution in [1.82, 2.24) is 0 Å². The van der Waals surface area contributed by atoms with Crippen molar-refractivity contribution in [2.75, 3.05) is 18.1 Å². The zero-order valence-electron chi connectivity index (χ0n) is 8.93. The Morgan fingerprint density at radius 1 is 1.40 bits per heavy atom. The van der Waals surface area contributed by atoms with Crippen molar-refractivity contribution >= 4 is 23.7 Å². The first-order valence-electron chi connectivity index (χ1n) is 4.99. The number of hydrogen-bond acceptors (Lipinski definition) is 4. The van der Waals surface area contributed by atoms with Crippen LogP contribution in [0.5, 0.6) is 0 Å². The van der Waals surface area contributed by atoms with E-state index in [4.69, 9.17) is 9.84 Å². The molecule has 2 unspecified atom stereocenters. The summed E-state index contributed by atoms with van der Waals surface area (Å²) in [5, 5.41) is 8.89. The van der Waals surface area contributed by atoms with Gasteiger partial charge in [0.15, 0.2) is 0 Å². The lowest BCUT2D eigenvalue weighted by Crippen LogP contribution is -2.30. The van der Waals surface area contributed by atoms with Gasteiger partial charge in [-0.1, -0.05) is 13.8 Å². The van der Waals surface area contributed by atoms with Gasteiger partial charge < -0.3 is 9.84 Å². The van der Waals surface area contributed by atoms with Gasteiger partial charge in [0.1, 0.15) is 0 Å². The van der Waals surface area contributed by atoms with E-state index in [1.807, 2.05) is 13.8 Å². The average molecular weight is 232 g/mol. The monoisotopic (exact) mass is 232 g/mol. The van der Waals surface area contributed by atoms with Crippen LogP contribution in [0.15, 0.2) is 0 Å². The summed E-state index contributed by atoms with van der Waals surface area (Å²) in [7, 11) is 0. The van der Waals surface area contributed by atoms with Gasteiger partial charge in [-0.15, -0.1) is 0 Å². The molecule has 1 N–H and O–H groups in total. The van der Waals surface area contributed by atoms with Gasteiger partial charge in [0.05, 0.1) is 18.4 Å². The van der Waals surface area contributed by atoms with Crippen LogP contribution in [0.4, 0.5) is 0 Å². The van der Waals surface area contributed by atoms with Gasteiger partial charge in [-0.05, 0) is 5.92 Å². The summed E-state index contributed by atoms with van der Waals surface area (Å²) < 4.78 is 5.05. The first kappa shape index (κ1) is 12.4. The molecule has 0 aromatic heterocycles. The highest BCUT2D eigenvalue weighted by Crippen LogP contribution is 2.31. The third-order valence-electron chi connectivity index (χ3n) is 2.26. The minimum absolute atomic E-state index is 0.284. The van der Waals surface area contributed by atoms with Crippen molar-refractivity contribution in [3.8, 4) is 0 Å². The minimum Gasteiger partial charge on any atom is -0.481 e. The molecule has 0 aliphatic carbocycles. The summed E-state index contributed by atoms with van der Waals surface area (Å²) in [4.78, 5) is 22.4. The number of esters is 1. The second kappa shape index (κ2) is 5.39. The maximum atomic E-state index is 11.6. The van der Waals surface area contributed by atoms with E-state index in [0.29, 0.717) is 18.1 Å². The number of aliphatic carboxylic acids is 1. The lowest BCUT2D eigenvalue weighted by molar-refractivity contribution is -0.156. The van der Waals surface area contributed by atoms with Gasteiger partial charge >= 0.3 is 11.9 Å². The highest BCUT2D eigenvalue weighted by Gasteiger charge is 2.39. The minimum atomic E-state index is -0.897. The molecule has 4 nitrogen and oxygen atoms in total. The summed E-state index contributed by atoms with van der Waals surface area (Å²) in [6.45, 7) is 4.27. The van der Waals surface area contributed by atoms with Crippen LogP contribution in [0.25, 0.3) is 0 Å². The van der Waals surface area contributed by atoms with Crippen molar-refractivity contribution in [2.45, 2.75) is 13.8 Å². The molecule has 86 valence electrons. The molecule has 1 rings (SSSR count). The number of hydrogen-bond donors (Lipinski definition) is 1. The van der Waals surface area contributed by atoms with Crippen molar-refractivity contribution in [1.29, 1.82) is 0 Å². The van der Waals surface area contributed by atoms with Crippen LogP contribution < -0.4 is 0 Å².